The van der Waals surface area contributed by atoms with Gasteiger partial charge in [-0.1, -0.05) is 13.0 Å². The summed E-state index contributed by atoms with van der Waals surface area (Å²) in [6.07, 6.45) is 2.36. The maximum atomic E-state index is 12.1. The van der Waals surface area contributed by atoms with Crippen LogP contribution in [0, 0.1) is 11.8 Å². The molecule has 1 aromatic rings. The van der Waals surface area contributed by atoms with E-state index in [1.54, 1.807) is 31.5 Å². The molecule has 0 unspecified atom stereocenters. The minimum Gasteiger partial charge on any atom is -0.543 e. The Bertz CT molecular complexity index is 644. The van der Waals surface area contributed by atoms with E-state index >= 15 is 0 Å². The van der Waals surface area contributed by atoms with Crippen molar-refractivity contribution < 1.29 is 71.2 Å². The molecule has 1 aromatic heterocycles. The van der Waals surface area contributed by atoms with Gasteiger partial charge in [-0.2, -0.15) is 0 Å². The molecule has 0 saturated carbocycles. The van der Waals surface area contributed by atoms with E-state index in [0.29, 0.717) is 11.1 Å². The number of β-lactam (4-membered cyclic amide) rings is 1. The molecule has 1 fully saturated rings. The number of aromatic nitrogens is 1. The van der Waals surface area contributed by atoms with Crippen LogP contribution in [0.4, 0.5) is 0 Å². The van der Waals surface area contributed by atoms with Gasteiger partial charge in [-0.3, -0.25) is 9.78 Å². The van der Waals surface area contributed by atoms with Crippen molar-refractivity contribution in [1.29, 1.82) is 0 Å². The largest absolute Gasteiger partial charge is 1.00 e. The number of carbonyl (C=O) groups excluding carboxylic acids is 2. The number of hydrogen-bond donors (Lipinski definition) is 1. The first-order chi connectivity index (χ1) is 9.95. The Morgan fingerprint density at radius 3 is 2.68 bits per heavy atom. The van der Waals surface area contributed by atoms with Gasteiger partial charge in [0.05, 0.1) is 29.7 Å². The maximum absolute atomic E-state index is 12.1. The molecule has 6 nitrogen and oxygen atoms in total. The Morgan fingerprint density at radius 1 is 1.50 bits per heavy atom. The van der Waals surface area contributed by atoms with E-state index < -0.39 is 18.0 Å². The number of carboxylic acids is 1. The summed E-state index contributed by atoms with van der Waals surface area (Å²) < 4.78 is 0. The molecule has 2 aliphatic rings. The smallest absolute Gasteiger partial charge is 0.543 e. The Kier molecular flexibility index (Phi) is 5.26. The van der Waals surface area contributed by atoms with Gasteiger partial charge < -0.3 is 19.9 Å². The number of aliphatic carboxylic acids is 1. The quantitative estimate of drug-likeness (QED) is 0.458. The molecular formula is C15H15KN2O4. The van der Waals surface area contributed by atoms with Crippen LogP contribution in [0.1, 0.15) is 19.4 Å². The van der Waals surface area contributed by atoms with Crippen molar-refractivity contribution in [2.45, 2.75) is 26.0 Å². The number of hydrogen-bond acceptors (Lipinski definition) is 5. The van der Waals surface area contributed by atoms with E-state index in [1.165, 1.54) is 4.90 Å². The van der Waals surface area contributed by atoms with Crippen LogP contribution >= 0.6 is 0 Å². The number of aliphatic hydroxyl groups is 1. The molecule has 22 heavy (non-hydrogen) atoms. The van der Waals surface area contributed by atoms with Crippen LogP contribution in [0.3, 0.4) is 0 Å². The number of aliphatic hydroxyl groups excluding tert-OH is 1. The molecular weight excluding hydrogens is 311 g/mol. The van der Waals surface area contributed by atoms with Gasteiger partial charge in [0.15, 0.2) is 0 Å². The van der Waals surface area contributed by atoms with Gasteiger partial charge in [-0.25, -0.2) is 0 Å². The molecule has 0 aromatic carbocycles. The van der Waals surface area contributed by atoms with Gasteiger partial charge in [0.2, 0.25) is 5.91 Å². The normalized spacial score (nSPS) is 27.9. The fourth-order valence-electron chi connectivity index (χ4n) is 3.46. The molecule has 4 atom stereocenters. The number of carbonyl (C=O) groups is 2. The molecule has 0 radical (unpaired) electrons. The van der Waals surface area contributed by atoms with Gasteiger partial charge in [0.1, 0.15) is 0 Å². The summed E-state index contributed by atoms with van der Waals surface area (Å²) in [7, 11) is 0. The fourth-order valence-corrected chi connectivity index (χ4v) is 3.46. The summed E-state index contributed by atoms with van der Waals surface area (Å²) in [4.78, 5) is 28.9. The van der Waals surface area contributed by atoms with E-state index in [4.69, 9.17) is 0 Å². The second-order valence-electron chi connectivity index (χ2n) is 5.55. The summed E-state index contributed by atoms with van der Waals surface area (Å²) in [5.74, 6) is -2.50. The SMILES string of the molecule is C[C@@H](O)[C@H]1C(=O)N2C(C(=O)[O-])=C(c3cccnc3)[C@H](C)[C@H]12.[K+]. The number of amides is 1. The number of pyridine rings is 1. The van der Waals surface area contributed by atoms with Gasteiger partial charge in [-0.05, 0) is 24.1 Å². The molecule has 1 amide bonds. The van der Waals surface area contributed by atoms with Crippen LogP contribution in [0.25, 0.3) is 5.57 Å². The molecule has 0 aliphatic carbocycles. The average Bonchev–Trinajstić information content (AvgIpc) is 2.69. The summed E-state index contributed by atoms with van der Waals surface area (Å²) in [6.45, 7) is 3.41. The third-order valence-electron chi connectivity index (χ3n) is 4.34. The van der Waals surface area contributed by atoms with Crippen LogP contribution in [0.5, 0.6) is 0 Å². The number of fused-ring (bicyclic) bond motifs is 1. The Hall–Kier alpha value is -0.574. The van der Waals surface area contributed by atoms with E-state index in [1.807, 2.05) is 6.92 Å². The average molecular weight is 326 g/mol. The topological polar surface area (TPSA) is 93.6 Å². The maximum Gasteiger partial charge on any atom is 1.00 e. The Morgan fingerprint density at radius 2 is 2.18 bits per heavy atom. The van der Waals surface area contributed by atoms with Crippen molar-refractivity contribution >= 4 is 17.4 Å². The van der Waals surface area contributed by atoms with E-state index in [0.717, 1.165) is 0 Å². The third-order valence-corrected chi connectivity index (χ3v) is 4.34. The summed E-state index contributed by atoms with van der Waals surface area (Å²) in [5, 5.41) is 21.2. The molecule has 0 bridgehead atoms. The molecule has 2 aliphatic heterocycles. The second kappa shape index (κ2) is 6.50. The molecule has 3 rings (SSSR count). The molecule has 7 heteroatoms. The summed E-state index contributed by atoms with van der Waals surface area (Å²) in [6, 6.07) is 3.14. The first kappa shape index (κ1) is 17.8. The van der Waals surface area contributed by atoms with Gasteiger partial charge >= 0.3 is 51.4 Å². The summed E-state index contributed by atoms with van der Waals surface area (Å²) in [5.41, 5.74) is 1.11. The van der Waals surface area contributed by atoms with Gasteiger partial charge in [0.25, 0.3) is 0 Å². The van der Waals surface area contributed by atoms with Crippen molar-refractivity contribution in [2.75, 3.05) is 0 Å². The number of carboxylic acid groups (broad SMARTS) is 1. The monoisotopic (exact) mass is 326 g/mol. The summed E-state index contributed by atoms with van der Waals surface area (Å²) >= 11 is 0. The van der Waals surface area contributed by atoms with Crippen LogP contribution in [-0.4, -0.2) is 39.0 Å². The van der Waals surface area contributed by atoms with Gasteiger partial charge in [-0.15, -0.1) is 0 Å². The number of nitrogens with zero attached hydrogens (tertiary/aromatic N) is 2. The standard InChI is InChI=1S/C15H16N2O4.K/c1-7-10(9-4-3-5-16-6-9)13(15(20)21)17-12(7)11(8(2)18)14(17)19;/h3-8,11-12,18H,1-2H3,(H,20,21);/q;+1/p-1/t7-,8+,11+,12+;/m0./s1. The second-order valence-corrected chi connectivity index (χ2v) is 5.55. The zero-order valence-electron chi connectivity index (χ0n) is 12.7. The van der Waals surface area contributed by atoms with Gasteiger partial charge in [0, 0.05) is 18.3 Å². The Balaban J connectivity index is 0.00000176. The Labute approximate surface area is 170 Å². The van der Waals surface area contributed by atoms with Crippen LogP contribution in [-0.2, 0) is 9.59 Å². The molecule has 0 spiro atoms. The van der Waals surface area contributed by atoms with Crippen molar-refractivity contribution in [1.82, 2.24) is 9.88 Å². The van der Waals surface area contributed by atoms with E-state index in [9.17, 15) is 19.8 Å². The minimum atomic E-state index is -1.37. The first-order valence-corrected chi connectivity index (χ1v) is 6.82. The first-order valence-electron chi connectivity index (χ1n) is 6.82. The molecule has 3 heterocycles. The zero-order chi connectivity index (χ0) is 15.3. The van der Waals surface area contributed by atoms with Crippen molar-refractivity contribution in [3.05, 3.63) is 35.8 Å². The van der Waals surface area contributed by atoms with Crippen molar-refractivity contribution in [3.63, 3.8) is 0 Å². The van der Waals surface area contributed by atoms with Crippen molar-refractivity contribution in [2.24, 2.45) is 11.8 Å². The van der Waals surface area contributed by atoms with Crippen molar-refractivity contribution in [3.8, 4) is 0 Å². The minimum absolute atomic E-state index is 0. The fraction of sp³-hybridized carbons (Fsp3) is 0.400. The number of rotatable bonds is 3. The van der Waals surface area contributed by atoms with Crippen LogP contribution < -0.4 is 56.5 Å². The zero-order valence-corrected chi connectivity index (χ0v) is 15.8. The third kappa shape index (κ3) is 2.49. The van der Waals surface area contributed by atoms with E-state index in [2.05, 4.69) is 4.98 Å². The molecule has 1 saturated heterocycles. The molecule has 110 valence electrons. The predicted octanol–water partition coefficient (Wildman–Crippen LogP) is -3.60. The van der Waals surface area contributed by atoms with Crippen LogP contribution in [0.2, 0.25) is 0 Å². The van der Waals surface area contributed by atoms with Crippen LogP contribution in [0.15, 0.2) is 30.2 Å². The van der Waals surface area contributed by atoms with E-state index in [-0.39, 0.29) is 74.9 Å². The predicted molar refractivity (Wildman–Crippen MR) is 71.1 cm³/mol. The molecule has 1 N–H and O–H groups in total.